The second-order valence-corrected chi connectivity index (χ2v) is 6.64. The number of ketones is 2. The zero-order valence-electron chi connectivity index (χ0n) is 16.4. The fourth-order valence-corrected chi connectivity index (χ4v) is 2.88. The van der Waals surface area contributed by atoms with Gasteiger partial charge in [-0.3, -0.25) is 9.59 Å². The van der Waals surface area contributed by atoms with Gasteiger partial charge in [0.25, 0.3) is 0 Å². The lowest BCUT2D eigenvalue weighted by Crippen LogP contribution is -2.06. The number of anilines is 2. The van der Waals surface area contributed by atoms with Crippen molar-refractivity contribution in [2.45, 2.75) is 0 Å². The van der Waals surface area contributed by atoms with Crippen LogP contribution in [0, 0.1) is 0 Å². The van der Waals surface area contributed by atoms with Gasteiger partial charge in [0.2, 0.25) is 0 Å². The van der Waals surface area contributed by atoms with Crippen molar-refractivity contribution in [3.63, 3.8) is 0 Å². The molecule has 0 aromatic heterocycles. The Morgan fingerprint density at radius 2 is 0.733 bits per heavy atom. The van der Waals surface area contributed by atoms with Crippen LogP contribution in [0.3, 0.4) is 0 Å². The molecule has 148 valence electrons. The molecule has 0 saturated carbocycles. The maximum atomic E-state index is 12.6. The van der Waals surface area contributed by atoms with E-state index in [9.17, 15) is 9.59 Å². The Morgan fingerprint density at radius 3 is 1.07 bits per heavy atom. The van der Waals surface area contributed by atoms with Crippen molar-refractivity contribution in [3.05, 3.63) is 131 Å². The molecule has 4 aromatic carbocycles. The van der Waals surface area contributed by atoms with Gasteiger partial charge in [0.1, 0.15) is 0 Å². The van der Waals surface area contributed by atoms with E-state index in [0.29, 0.717) is 33.6 Å². The second kappa shape index (κ2) is 9.85. The molecule has 30 heavy (non-hydrogen) atoms. The molecule has 4 N–H and O–H groups in total. The van der Waals surface area contributed by atoms with E-state index in [1.807, 2.05) is 36.4 Å². The topological polar surface area (TPSA) is 86.2 Å². The summed E-state index contributed by atoms with van der Waals surface area (Å²) in [7, 11) is 0. The molecule has 4 nitrogen and oxygen atoms in total. The van der Waals surface area contributed by atoms with Gasteiger partial charge in [-0.2, -0.15) is 0 Å². The summed E-state index contributed by atoms with van der Waals surface area (Å²) in [4.78, 5) is 25.2. The van der Waals surface area contributed by atoms with Crippen LogP contribution in [0.25, 0.3) is 0 Å². The van der Waals surface area contributed by atoms with E-state index in [1.54, 1.807) is 72.8 Å². The fourth-order valence-electron chi connectivity index (χ4n) is 2.88. The Kier molecular flexibility index (Phi) is 6.74. The van der Waals surface area contributed by atoms with Gasteiger partial charge in [0.15, 0.2) is 11.6 Å². The molecule has 0 unspecified atom stereocenters. The van der Waals surface area contributed by atoms with Crippen LogP contribution in [0.15, 0.2) is 109 Å². The molecule has 0 aliphatic heterocycles. The highest BCUT2D eigenvalue weighted by molar-refractivity contribution is 6.13. The van der Waals surface area contributed by atoms with Crippen LogP contribution >= 0.6 is 0 Å². The van der Waals surface area contributed by atoms with Crippen LogP contribution in [0.5, 0.6) is 0 Å². The van der Waals surface area contributed by atoms with Gasteiger partial charge in [-0.05, 0) is 30.3 Å². The molecule has 4 rings (SSSR count). The van der Waals surface area contributed by atoms with Gasteiger partial charge in [0, 0.05) is 33.6 Å². The van der Waals surface area contributed by atoms with Crippen LogP contribution in [0.4, 0.5) is 11.4 Å². The van der Waals surface area contributed by atoms with Crippen LogP contribution in [0.2, 0.25) is 0 Å². The maximum absolute atomic E-state index is 12.6. The molecule has 0 aliphatic carbocycles. The van der Waals surface area contributed by atoms with Crippen molar-refractivity contribution in [2.24, 2.45) is 0 Å². The third-order valence-corrected chi connectivity index (χ3v) is 4.35. The SMILES string of the molecule is Nc1cccc(C(=O)c2cccc(C(=O)c3cccc(N)c3)c2)c1.c1ccccc1. The number of carbonyl (C=O) groups is 2. The molecular weight excluding hydrogens is 372 g/mol. The third-order valence-electron chi connectivity index (χ3n) is 4.35. The molecule has 0 radical (unpaired) electrons. The van der Waals surface area contributed by atoms with Gasteiger partial charge in [-0.1, -0.05) is 78.9 Å². The normalized spacial score (nSPS) is 9.87. The Hall–Kier alpha value is -4.18. The third kappa shape index (κ3) is 5.42. The largest absolute Gasteiger partial charge is 0.399 e. The monoisotopic (exact) mass is 394 g/mol. The summed E-state index contributed by atoms with van der Waals surface area (Å²) >= 11 is 0. The maximum Gasteiger partial charge on any atom is 0.193 e. The summed E-state index contributed by atoms with van der Waals surface area (Å²) in [5, 5.41) is 0. The molecule has 0 heterocycles. The van der Waals surface area contributed by atoms with Crippen LogP contribution in [-0.4, -0.2) is 11.6 Å². The van der Waals surface area contributed by atoms with Gasteiger partial charge in [0.05, 0.1) is 0 Å². The van der Waals surface area contributed by atoms with Crippen molar-refractivity contribution in [1.82, 2.24) is 0 Å². The first-order valence-electron chi connectivity index (χ1n) is 9.45. The standard InChI is InChI=1S/C20H16N2O2.C6H6/c21-17-8-2-6-15(11-17)19(23)13-4-1-5-14(10-13)20(24)16-7-3-9-18(22)12-16;1-2-4-6-5-3-1/h1-12H,21-22H2;1-6H. The first-order chi connectivity index (χ1) is 14.5. The Morgan fingerprint density at radius 1 is 0.433 bits per heavy atom. The molecule has 0 spiro atoms. The van der Waals surface area contributed by atoms with E-state index in [4.69, 9.17) is 11.5 Å². The van der Waals surface area contributed by atoms with Gasteiger partial charge >= 0.3 is 0 Å². The van der Waals surface area contributed by atoms with Gasteiger partial charge in [-0.25, -0.2) is 0 Å². The lowest BCUT2D eigenvalue weighted by atomic mass is 9.97. The fraction of sp³-hybridized carbons (Fsp3) is 0. The average molecular weight is 394 g/mol. The van der Waals surface area contributed by atoms with E-state index < -0.39 is 0 Å². The second-order valence-electron chi connectivity index (χ2n) is 6.64. The van der Waals surface area contributed by atoms with Crippen molar-refractivity contribution in [1.29, 1.82) is 0 Å². The minimum atomic E-state index is -0.176. The number of carbonyl (C=O) groups excluding carboxylic acids is 2. The predicted molar refractivity (Wildman–Crippen MR) is 121 cm³/mol. The van der Waals surface area contributed by atoms with Gasteiger partial charge in [-0.15, -0.1) is 0 Å². The summed E-state index contributed by atoms with van der Waals surface area (Å²) in [6.07, 6.45) is 0. The molecule has 4 heteroatoms. The Balaban J connectivity index is 0.000000367. The van der Waals surface area contributed by atoms with Crippen molar-refractivity contribution < 1.29 is 9.59 Å². The lowest BCUT2D eigenvalue weighted by molar-refractivity contribution is 0.103. The zero-order valence-corrected chi connectivity index (χ0v) is 16.4. The first kappa shape index (κ1) is 20.6. The summed E-state index contributed by atoms with van der Waals surface area (Å²) < 4.78 is 0. The predicted octanol–water partition coefficient (Wildman–Crippen LogP) is 5.00. The smallest absolute Gasteiger partial charge is 0.193 e. The summed E-state index contributed by atoms with van der Waals surface area (Å²) in [5.74, 6) is -0.353. The van der Waals surface area contributed by atoms with Crippen LogP contribution in [0.1, 0.15) is 31.8 Å². The lowest BCUT2D eigenvalue weighted by Gasteiger charge is -2.06. The van der Waals surface area contributed by atoms with Crippen LogP contribution in [-0.2, 0) is 0 Å². The highest BCUT2D eigenvalue weighted by Crippen LogP contribution is 2.17. The van der Waals surface area contributed by atoms with E-state index >= 15 is 0 Å². The Bertz CT molecular complexity index is 1050. The molecular formula is C26H22N2O2. The van der Waals surface area contributed by atoms with Crippen molar-refractivity contribution in [2.75, 3.05) is 11.5 Å². The van der Waals surface area contributed by atoms with E-state index in [1.165, 1.54) is 0 Å². The molecule has 0 aliphatic rings. The van der Waals surface area contributed by atoms with E-state index in [0.717, 1.165) is 0 Å². The highest BCUT2D eigenvalue weighted by Gasteiger charge is 2.14. The summed E-state index contributed by atoms with van der Waals surface area (Å²) in [6.45, 7) is 0. The van der Waals surface area contributed by atoms with E-state index in [-0.39, 0.29) is 11.6 Å². The van der Waals surface area contributed by atoms with Gasteiger partial charge < -0.3 is 11.5 Å². The minimum Gasteiger partial charge on any atom is -0.399 e. The van der Waals surface area contributed by atoms with Crippen molar-refractivity contribution >= 4 is 22.9 Å². The summed E-state index contributed by atoms with van der Waals surface area (Å²) in [6, 6.07) is 32.2. The van der Waals surface area contributed by atoms with Crippen LogP contribution < -0.4 is 11.5 Å². The number of benzene rings is 4. The first-order valence-corrected chi connectivity index (χ1v) is 9.45. The summed E-state index contributed by atoms with van der Waals surface area (Å²) in [5.41, 5.74) is 14.4. The molecule has 0 saturated heterocycles. The molecule has 0 atom stereocenters. The Labute approximate surface area is 175 Å². The molecule has 0 fully saturated rings. The minimum absolute atomic E-state index is 0.176. The van der Waals surface area contributed by atoms with Crippen molar-refractivity contribution in [3.8, 4) is 0 Å². The zero-order chi connectivity index (χ0) is 21.3. The number of nitrogen functional groups attached to an aromatic ring is 2. The number of hydrogen-bond donors (Lipinski definition) is 2. The number of rotatable bonds is 4. The quantitative estimate of drug-likeness (QED) is 0.377. The molecule has 0 bridgehead atoms. The highest BCUT2D eigenvalue weighted by atomic mass is 16.1. The van der Waals surface area contributed by atoms with E-state index in [2.05, 4.69) is 0 Å². The number of hydrogen-bond acceptors (Lipinski definition) is 4. The number of nitrogens with two attached hydrogens (primary N) is 2. The molecule has 4 aromatic rings. The average Bonchev–Trinajstić information content (AvgIpc) is 2.80. The molecule has 0 amide bonds.